The number of aromatic nitrogens is 2. The third-order valence-electron chi connectivity index (χ3n) is 4.10. The second-order valence-corrected chi connectivity index (χ2v) is 7.84. The molecule has 31 heavy (non-hydrogen) atoms. The van der Waals surface area contributed by atoms with Crippen molar-refractivity contribution in [1.29, 1.82) is 0 Å². The Kier molecular flexibility index (Phi) is 6.24. The third kappa shape index (κ3) is 5.31. The lowest BCUT2D eigenvalue weighted by molar-refractivity contribution is -0.143. The first kappa shape index (κ1) is 23.0. The maximum atomic E-state index is 13.1. The van der Waals surface area contributed by atoms with Crippen LogP contribution in [0.25, 0.3) is 23.0 Å². The monoisotopic (exact) mass is 476 g/mol. The van der Waals surface area contributed by atoms with E-state index in [1.807, 2.05) is 0 Å². The van der Waals surface area contributed by atoms with Crippen LogP contribution < -0.4 is 0 Å². The van der Waals surface area contributed by atoms with Crippen LogP contribution in [-0.4, -0.2) is 15.8 Å². The van der Waals surface area contributed by atoms with E-state index in [1.54, 1.807) is 11.4 Å². The van der Waals surface area contributed by atoms with Crippen LogP contribution in [-0.2, 0) is 17.1 Å². The molecule has 0 saturated carbocycles. The molecule has 0 bridgehead atoms. The number of benzene rings is 1. The maximum Gasteiger partial charge on any atom is 0.416 e. The minimum Gasteiger partial charge on any atom is -0.294 e. The predicted molar refractivity (Wildman–Crippen MR) is 105 cm³/mol. The lowest BCUT2D eigenvalue weighted by Crippen LogP contribution is -2.11. The Labute approximate surface area is 181 Å². The molecule has 0 aliphatic heterocycles. The zero-order chi connectivity index (χ0) is 23.0. The SMILES string of the molecule is CC(=O)/C(=C/c1ccnc(-c2cc(C(F)(F)F)cc(C(F)(F)F)c2)n1)c1ccsc1Cl. The van der Waals surface area contributed by atoms with E-state index < -0.39 is 29.0 Å². The first-order valence-electron chi connectivity index (χ1n) is 8.45. The van der Waals surface area contributed by atoms with Gasteiger partial charge >= 0.3 is 12.4 Å². The average molecular weight is 477 g/mol. The van der Waals surface area contributed by atoms with Crippen molar-refractivity contribution < 1.29 is 31.1 Å². The molecule has 11 heteroatoms. The van der Waals surface area contributed by atoms with E-state index in [2.05, 4.69) is 9.97 Å². The first-order chi connectivity index (χ1) is 14.4. The van der Waals surface area contributed by atoms with Gasteiger partial charge in [-0.1, -0.05) is 11.6 Å². The van der Waals surface area contributed by atoms with Crippen molar-refractivity contribution in [3.05, 3.63) is 68.6 Å². The summed E-state index contributed by atoms with van der Waals surface area (Å²) in [6.45, 7) is 1.30. The van der Waals surface area contributed by atoms with Gasteiger partial charge in [-0.05, 0) is 48.7 Å². The third-order valence-corrected chi connectivity index (χ3v) is 5.27. The van der Waals surface area contributed by atoms with E-state index in [9.17, 15) is 31.1 Å². The molecule has 2 aromatic heterocycles. The molecule has 3 nitrogen and oxygen atoms in total. The second kappa shape index (κ2) is 8.43. The molecule has 1 aromatic carbocycles. The van der Waals surface area contributed by atoms with Crippen LogP contribution in [0.5, 0.6) is 0 Å². The van der Waals surface area contributed by atoms with E-state index in [0.29, 0.717) is 22.0 Å². The fourth-order valence-electron chi connectivity index (χ4n) is 2.68. The van der Waals surface area contributed by atoms with Gasteiger partial charge in [-0.3, -0.25) is 4.79 Å². The summed E-state index contributed by atoms with van der Waals surface area (Å²) in [4.78, 5) is 19.9. The van der Waals surface area contributed by atoms with Gasteiger partial charge in [0.25, 0.3) is 0 Å². The second-order valence-electron chi connectivity index (χ2n) is 6.32. The number of halogens is 7. The summed E-state index contributed by atoms with van der Waals surface area (Å²) < 4.78 is 79.1. The molecule has 0 unspecified atom stereocenters. The highest BCUT2D eigenvalue weighted by Gasteiger charge is 2.37. The molecular formula is C20H11ClF6N2OS. The number of rotatable bonds is 4. The molecular weight excluding hydrogens is 466 g/mol. The van der Waals surface area contributed by atoms with Gasteiger partial charge in [0, 0.05) is 22.9 Å². The molecule has 0 amide bonds. The summed E-state index contributed by atoms with van der Waals surface area (Å²) in [7, 11) is 0. The van der Waals surface area contributed by atoms with Crippen LogP contribution in [0.2, 0.25) is 4.34 Å². The normalized spacial score (nSPS) is 12.8. The van der Waals surface area contributed by atoms with Crippen molar-refractivity contribution in [1.82, 2.24) is 9.97 Å². The molecule has 0 saturated heterocycles. The topological polar surface area (TPSA) is 42.9 Å². The predicted octanol–water partition coefficient (Wildman–Crippen LogP) is 7.03. The molecule has 3 rings (SSSR count). The first-order valence-corrected chi connectivity index (χ1v) is 9.71. The van der Waals surface area contributed by atoms with E-state index >= 15 is 0 Å². The van der Waals surface area contributed by atoms with Gasteiger partial charge in [0.1, 0.15) is 4.34 Å². The maximum absolute atomic E-state index is 13.1. The summed E-state index contributed by atoms with van der Waals surface area (Å²) in [6.07, 6.45) is -7.47. The number of Topliss-reactive ketones (excluding diaryl/α,β-unsaturated/α-hetero) is 1. The molecule has 0 aliphatic rings. The Hall–Kier alpha value is -2.72. The highest BCUT2D eigenvalue weighted by molar-refractivity contribution is 7.14. The molecule has 0 fully saturated rings. The number of hydrogen-bond donors (Lipinski definition) is 0. The van der Waals surface area contributed by atoms with Gasteiger partial charge in [-0.2, -0.15) is 26.3 Å². The van der Waals surface area contributed by atoms with Crippen molar-refractivity contribution >= 4 is 40.4 Å². The van der Waals surface area contributed by atoms with Crippen molar-refractivity contribution in [3.8, 4) is 11.4 Å². The Morgan fingerprint density at radius 3 is 2.13 bits per heavy atom. The molecule has 0 N–H and O–H groups in total. The van der Waals surface area contributed by atoms with Gasteiger partial charge in [0.15, 0.2) is 11.6 Å². The van der Waals surface area contributed by atoms with Gasteiger partial charge in [0.2, 0.25) is 0 Å². The number of carbonyl (C=O) groups is 1. The van der Waals surface area contributed by atoms with E-state index in [4.69, 9.17) is 11.6 Å². The average Bonchev–Trinajstić information content (AvgIpc) is 3.10. The smallest absolute Gasteiger partial charge is 0.294 e. The van der Waals surface area contributed by atoms with E-state index in [0.717, 1.165) is 0 Å². The van der Waals surface area contributed by atoms with Crippen LogP contribution in [0.3, 0.4) is 0 Å². The molecule has 2 heterocycles. The van der Waals surface area contributed by atoms with Crippen molar-refractivity contribution in [2.24, 2.45) is 0 Å². The Morgan fingerprint density at radius 1 is 1.03 bits per heavy atom. The standard InChI is InChI=1S/C20H11ClF6N2OS/c1-10(30)16(15-3-5-31-17(15)21)9-14-2-4-28-18(29-14)11-6-12(19(22,23)24)8-13(7-11)20(25,26)27/h2-9H,1H3/b16-9-. The highest BCUT2D eigenvalue weighted by Crippen LogP contribution is 2.38. The largest absolute Gasteiger partial charge is 0.416 e. The van der Waals surface area contributed by atoms with Crippen LogP contribution >= 0.6 is 22.9 Å². The van der Waals surface area contributed by atoms with Gasteiger partial charge in [-0.15, -0.1) is 11.3 Å². The van der Waals surface area contributed by atoms with Gasteiger partial charge in [0.05, 0.1) is 16.8 Å². The van der Waals surface area contributed by atoms with Crippen LogP contribution in [0, 0.1) is 0 Å². The molecule has 162 valence electrons. The number of allylic oxidation sites excluding steroid dienone is 1. The quantitative estimate of drug-likeness (QED) is 0.300. The van der Waals surface area contributed by atoms with Gasteiger partial charge < -0.3 is 0 Å². The zero-order valence-electron chi connectivity index (χ0n) is 15.5. The summed E-state index contributed by atoms with van der Waals surface area (Å²) in [5.41, 5.74) is -2.67. The Morgan fingerprint density at radius 2 is 1.65 bits per heavy atom. The number of thiophene rings is 1. The van der Waals surface area contributed by atoms with Crippen molar-refractivity contribution in [2.45, 2.75) is 19.3 Å². The van der Waals surface area contributed by atoms with E-state index in [-0.39, 0.29) is 28.9 Å². The molecule has 0 atom stereocenters. The molecule has 0 radical (unpaired) electrons. The van der Waals surface area contributed by atoms with Gasteiger partial charge in [-0.25, -0.2) is 9.97 Å². The number of ketones is 1. The number of nitrogens with zero attached hydrogens (tertiary/aromatic N) is 2. The number of carbonyl (C=O) groups excluding carboxylic acids is 1. The van der Waals surface area contributed by atoms with Crippen molar-refractivity contribution in [3.63, 3.8) is 0 Å². The molecule has 0 spiro atoms. The number of alkyl halides is 6. The Balaban J connectivity index is 2.13. The van der Waals surface area contributed by atoms with Crippen LogP contribution in [0.15, 0.2) is 41.9 Å². The summed E-state index contributed by atoms with van der Waals surface area (Å²) in [5.74, 6) is -0.705. The fourth-order valence-corrected chi connectivity index (χ4v) is 3.63. The fraction of sp³-hybridized carbons (Fsp3) is 0.150. The van der Waals surface area contributed by atoms with E-state index in [1.165, 1.54) is 36.6 Å². The summed E-state index contributed by atoms with van der Waals surface area (Å²) in [6, 6.07) is 4.09. The minimum atomic E-state index is -5.00. The minimum absolute atomic E-state index is 0.0275. The van der Waals surface area contributed by atoms with Crippen LogP contribution in [0.1, 0.15) is 29.3 Å². The summed E-state index contributed by atoms with van der Waals surface area (Å²) in [5, 5.41) is 1.67. The molecule has 0 aliphatic carbocycles. The number of hydrogen-bond acceptors (Lipinski definition) is 4. The lowest BCUT2D eigenvalue weighted by Gasteiger charge is -2.14. The summed E-state index contributed by atoms with van der Waals surface area (Å²) >= 11 is 7.27. The zero-order valence-corrected chi connectivity index (χ0v) is 17.0. The highest BCUT2D eigenvalue weighted by atomic mass is 35.5. The van der Waals surface area contributed by atoms with Crippen molar-refractivity contribution in [2.75, 3.05) is 0 Å². The van der Waals surface area contributed by atoms with Crippen LogP contribution in [0.4, 0.5) is 26.3 Å². The Bertz CT molecular complexity index is 1130. The molecule has 3 aromatic rings. The lowest BCUT2D eigenvalue weighted by atomic mass is 10.0.